The van der Waals surface area contributed by atoms with E-state index in [-0.39, 0.29) is 11.7 Å². The Balaban J connectivity index is 1.77. The summed E-state index contributed by atoms with van der Waals surface area (Å²) in [7, 11) is 1.91. The Morgan fingerprint density at radius 3 is 2.61 bits per heavy atom. The summed E-state index contributed by atoms with van der Waals surface area (Å²) in [6.45, 7) is 4.15. The second-order valence-electron chi connectivity index (χ2n) is 6.98. The predicted octanol–water partition coefficient (Wildman–Crippen LogP) is 1.73. The van der Waals surface area contributed by atoms with Gasteiger partial charge in [0, 0.05) is 13.6 Å². The molecule has 0 aliphatic carbocycles. The van der Waals surface area contributed by atoms with Crippen LogP contribution in [0.25, 0.3) is 11.0 Å². The first kappa shape index (κ1) is 15.0. The van der Waals surface area contributed by atoms with E-state index in [1.54, 1.807) is 0 Å². The molecule has 0 amide bonds. The van der Waals surface area contributed by atoms with Crippen molar-refractivity contribution in [1.82, 2.24) is 19.8 Å². The molecule has 2 aromatic rings. The molecule has 4 rings (SSSR count). The van der Waals surface area contributed by atoms with Crippen LogP contribution in [0.3, 0.4) is 0 Å². The van der Waals surface area contributed by atoms with Crippen LogP contribution >= 0.6 is 0 Å². The molecule has 1 atom stereocenters. The fraction of sp³-hybridized carbons (Fsp3) is 0.611. The minimum Gasteiger partial charge on any atom is -0.317 e. The Bertz CT molecular complexity index is 748. The van der Waals surface area contributed by atoms with Gasteiger partial charge in [-0.1, -0.05) is 6.07 Å². The Hall–Kier alpha value is -1.59. The third-order valence-corrected chi connectivity index (χ3v) is 5.56. The standard InChI is InChI=1S/C18H26N4O/c1-21-17-11-14(13-6-9-19-10-7-13)4-5-16(17)22(18(21)23)15-3-2-8-20-12-15/h4-5,11,13,15,19-20H,2-3,6-10,12H2,1H3. The molecule has 0 spiro atoms. The average molecular weight is 314 g/mol. The van der Waals surface area contributed by atoms with Gasteiger partial charge in [-0.15, -0.1) is 0 Å². The molecule has 0 saturated carbocycles. The van der Waals surface area contributed by atoms with Crippen molar-refractivity contribution in [3.8, 4) is 0 Å². The topological polar surface area (TPSA) is 51.0 Å². The highest BCUT2D eigenvalue weighted by molar-refractivity contribution is 5.77. The van der Waals surface area contributed by atoms with Crippen LogP contribution in [-0.4, -0.2) is 35.3 Å². The van der Waals surface area contributed by atoms with Crippen LogP contribution in [0.5, 0.6) is 0 Å². The number of benzene rings is 1. The second kappa shape index (κ2) is 6.13. The van der Waals surface area contributed by atoms with Crippen molar-refractivity contribution in [1.29, 1.82) is 0 Å². The Labute approximate surface area is 136 Å². The molecule has 0 radical (unpaired) electrons. The van der Waals surface area contributed by atoms with Crippen LogP contribution in [0, 0.1) is 0 Å². The van der Waals surface area contributed by atoms with E-state index in [4.69, 9.17) is 0 Å². The molecule has 2 aliphatic heterocycles. The number of nitrogens with zero attached hydrogens (tertiary/aromatic N) is 2. The summed E-state index contributed by atoms with van der Waals surface area (Å²) in [6.07, 6.45) is 4.60. The largest absolute Gasteiger partial charge is 0.329 e. The predicted molar refractivity (Wildman–Crippen MR) is 93.2 cm³/mol. The number of aryl methyl sites for hydroxylation is 1. The number of nitrogens with one attached hydrogen (secondary N) is 2. The zero-order valence-corrected chi connectivity index (χ0v) is 13.8. The minimum atomic E-state index is 0.121. The molecular formula is C18H26N4O. The molecule has 0 bridgehead atoms. The number of rotatable bonds is 2. The Morgan fingerprint density at radius 2 is 1.87 bits per heavy atom. The molecule has 2 N–H and O–H groups in total. The van der Waals surface area contributed by atoms with Crippen molar-refractivity contribution in [2.45, 2.75) is 37.6 Å². The van der Waals surface area contributed by atoms with E-state index in [0.717, 1.165) is 50.1 Å². The van der Waals surface area contributed by atoms with Crippen LogP contribution in [0.2, 0.25) is 0 Å². The lowest BCUT2D eigenvalue weighted by Crippen LogP contribution is -2.36. The molecule has 1 unspecified atom stereocenters. The molecule has 23 heavy (non-hydrogen) atoms. The maximum absolute atomic E-state index is 12.8. The quantitative estimate of drug-likeness (QED) is 0.888. The SMILES string of the molecule is Cn1c(=O)n(C2CCCNC2)c2ccc(C3CCNCC3)cc21. The third kappa shape index (κ3) is 2.62. The van der Waals surface area contributed by atoms with Crippen molar-refractivity contribution in [2.24, 2.45) is 7.05 Å². The first-order valence-corrected chi connectivity index (χ1v) is 8.88. The number of fused-ring (bicyclic) bond motifs is 1. The lowest BCUT2D eigenvalue weighted by molar-refractivity contribution is 0.369. The second-order valence-corrected chi connectivity index (χ2v) is 6.98. The molecule has 5 nitrogen and oxygen atoms in total. The maximum atomic E-state index is 12.8. The van der Waals surface area contributed by atoms with Crippen molar-refractivity contribution in [3.63, 3.8) is 0 Å². The minimum absolute atomic E-state index is 0.121. The van der Waals surface area contributed by atoms with E-state index in [2.05, 4.69) is 28.8 Å². The summed E-state index contributed by atoms with van der Waals surface area (Å²) >= 11 is 0. The van der Waals surface area contributed by atoms with Gasteiger partial charge in [0.25, 0.3) is 0 Å². The fourth-order valence-electron chi connectivity index (χ4n) is 4.20. The maximum Gasteiger partial charge on any atom is 0.329 e. The highest BCUT2D eigenvalue weighted by Gasteiger charge is 2.22. The zero-order valence-electron chi connectivity index (χ0n) is 13.8. The van der Waals surface area contributed by atoms with Crippen LogP contribution in [-0.2, 0) is 7.05 Å². The van der Waals surface area contributed by atoms with Gasteiger partial charge >= 0.3 is 5.69 Å². The number of imidazole rings is 1. The van der Waals surface area contributed by atoms with Gasteiger partial charge in [0.15, 0.2) is 0 Å². The molecule has 3 heterocycles. The molecule has 2 fully saturated rings. The first-order valence-electron chi connectivity index (χ1n) is 8.88. The highest BCUT2D eigenvalue weighted by Crippen LogP contribution is 2.29. The fourth-order valence-corrected chi connectivity index (χ4v) is 4.20. The van der Waals surface area contributed by atoms with Crippen molar-refractivity contribution < 1.29 is 0 Å². The van der Waals surface area contributed by atoms with Gasteiger partial charge in [-0.05, 0) is 68.9 Å². The zero-order chi connectivity index (χ0) is 15.8. The van der Waals surface area contributed by atoms with Gasteiger partial charge in [-0.3, -0.25) is 9.13 Å². The summed E-state index contributed by atoms with van der Waals surface area (Å²) in [5, 5.41) is 6.84. The smallest absolute Gasteiger partial charge is 0.317 e. The Morgan fingerprint density at radius 1 is 1.04 bits per heavy atom. The molecule has 1 aromatic carbocycles. The lowest BCUT2D eigenvalue weighted by Gasteiger charge is -2.24. The third-order valence-electron chi connectivity index (χ3n) is 5.56. The summed E-state index contributed by atoms with van der Waals surface area (Å²) in [5.41, 5.74) is 3.67. The van der Waals surface area contributed by atoms with Gasteiger partial charge in [0.2, 0.25) is 0 Å². The first-order chi connectivity index (χ1) is 11.3. The summed E-state index contributed by atoms with van der Waals surface area (Å²) < 4.78 is 3.84. The molecule has 124 valence electrons. The van der Waals surface area contributed by atoms with Gasteiger partial charge in [0.1, 0.15) is 0 Å². The van der Waals surface area contributed by atoms with Crippen molar-refractivity contribution in [3.05, 3.63) is 34.2 Å². The molecule has 1 aromatic heterocycles. The molecule has 2 aliphatic rings. The van der Waals surface area contributed by atoms with Gasteiger partial charge in [-0.2, -0.15) is 0 Å². The van der Waals surface area contributed by atoms with E-state index in [1.165, 1.54) is 18.4 Å². The summed E-state index contributed by atoms with van der Waals surface area (Å²) in [5.74, 6) is 0.621. The number of piperidine rings is 2. The van der Waals surface area contributed by atoms with Crippen LogP contribution in [0.15, 0.2) is 23.0 Å². The van der Waals surface area contributed by atoms with Crippen LogP contribution in [0.4, 0.5) is 0 Å². The van der Waals surface area contributed by atoms with E-state index in [9.17, 15) is 4.79 Å². The molecule has 2 saturated heterocycles. The summed E-state index contributed by atoms with van der Waals surface area (Å²) in [4.78, 5) is 12.8. The molecule has 5 heteroatoms. The van der Waals surface area contributed by atoms with Crippen LogP contribution < -0.4 is 16.3 Å². The highest BCUT2D eigenvalue weighted by atomic mass is 16.1. The molecular weight excluding hydrogens is 288 g/mol. The van der Waals surface area contributed by atoms with E-state index in [0.29, 0.717) is 5.92 Å². The summed E-state index contributed by atoms with van der Waals surface area (Å²) in [6, 6.07) is 6.94. The van der Waals surface area contributed by atoms with E-state index >= 15 is 0 Å². The number of hydrogen-bond donors (Lipinski definition) is 2. The normalized spacial score (nSPS) is 23.4. The van der Waals surface area contributed by atoms with Crippen molar-refractivity contribution >= 4 is 11.0 Å². The lowest BCUT2D eigenvalue weighted by atomic mass is 9.90. The van der Waals surface area contributed by atoms with E-state index < -0.39 is 0 Å². The van der Waals surface area contributed by atoms with Gasteiger partial charge in [-0.25, -0.2) is 4.79 Å². The van der Waals surface area contributed by atoms with E-state index in [1.807, 2.05) is 16.2 Å². The van der Waals surface area contributed by atoms with Crippen molar-refractivity contribution in [2.75, 3.05) is 26.2 Å². The average Bonchev–Trinajstić information content (AvgIpc) is 2.87. The van der Waals surface area contributed by atoms with Crippen LogP contribution in [0.1, 0.15) is 43.2 Å². The Kier molecular flexibility index (Phi) is 3.99. The van der Waals surface area contributed by atoms with Gasteiger partial charge in [0.05, 0.1) is 17.1 Å². The monoisotopic (exact) mass is 314 g/mol. The number of hydrogen-bond acceptors (Lipinski definition) is 3. The number of aromatic nitrogens is 2. The van der Waals surface area contributed by atoms with Gasteiger partial charge < -0.3 is 10.6 Å².